The molecule has 34 heavy (non-hydrogen) atoms. The van der Waals surface area contributed by atoms with Gasteiger partial charge in [-0.05, 0) is 74.6 Å². The Bertz CT molecular complexity index is 1100. The number of nitrogens with two attached hydrogens (primary N) is 1. The number of anilines is 2. The summed E-state index contributed by atoms with van der Waals surface area (Å²) in [6.07, 6.45) is 4.33. The summed E-state index contributed by atoms with van der Waals surface area (Å²) in [6.45, 7) is 7.43. The van der Waals surface area contributed by atoms with Crippen LogP contribution in [0.5, 0.6) is 5.75 Å². The maximum atomic E-state index is 12.3. The number of primary amides is 1. The van der Waals surface area contributed by atoms with E-state index < -0.39 is 6.04 Å². The number of rotatable bonds is 13. The fourth-order valence-corrected chi connectivity index (χ4v) is 4.07. The van der Waals surface area contributed by atoms with Crippen LogP contribution in [0.25, 0.3) is 22.0 Å². The Morgan fingerprint density at radius 1 is 1.15 bits per heavy atom. The summed E-state index contributed by atoms with van der Waals surface area (Å²) in [5.41, 5.74) is 8.33. The van der Waals surface area contributed by atoms with Crippen LogP contribution < -0.4 is 21.1 Å². The molecule has 1 amide bonds. The van der Waals surface area contributed by atoms with Crippen molar-refractivity contribution in [1.82, 2.24) is 14.9 Å². The van der Waals surface area contributed by atoms with Crippen molar-refractivity contribution in [3.8, 4) is 17.0 Å². The van der Waals surface area contributed by atoms with Gasteiger partial charge in [0, 0.05) is 29.9 Å². The van der Waals surface area contributed by atoms with Gasteiger partial charge >= 0.3 is 0 Å². The van der Waals surface area contributed by atoms with Gasteiger partial charge in [0.1, 0.15) is 11.8 Å². The Balaban J connectivity index is 1.91. The zero-order valence-electron chi connectivity index (χ0n) is 20.6. The van der Waals surface area contributed by atoms with Crippen molar-refractivity contribution in [2.75, 3.05) is 44.4 Å². The van der Waals surface area contributed by atoms with E-state index in [-0.39, 0.29) is 5.91 Å². The molecule has 0 saturated carbocycles. The number of methoxy groups -OCH3 is 1. The van der Waals surface area contributed by atoms with Gasteiger partial charge in [0.25, 0.3) is 0 Å². The van der Waals surface area contributed by atoms with E-state index in [9.17, 15) is 4.79 Å². The van der Waals surface area contributed by atoms with Crippen LogP contribution in [0.3, 0.4) is 0 Å². The number of ether oxygens (including phenoxy) is 1. The monoisotopic (exact) mass is 464 g/mol. The third-order valence-corrected chi connectivity index (χ3v) is 6.12. The molecule has 182 valence electrons. The van der Waals surface area contributed by atoms with Crippen LogP contribution in [0.2, 0.25) is 0 Å². The molecule has 0 aliphatic rings. The normalized spacial score (nSPS) is 12.0. The molecule has 0 radical (unpaired) electrons. The van der Waals surface area contributed by atoms with Crippen molar-refractivity contribution in [3.63, 3.8) is 0 Å². The van der Waals surface area contributed by atoms with Gasteiger partial charge in [-0.1, -0.05) is 19.9 Å². The quantitative estimate of drug-likeness (QED) is 0.327. The first kappa shape index (κ1) is 25.2. The molecular formula is C26H36N6O2. The lowest BCUT2D eigenvalue weighted by atomic mass is 10.0. The summed E-state index contributed by atoms with van der Waals surface area (Å²) in [4.78, 5) is 23.5. The molecule has 8 heteroatoms. The number of fused-ring (bicyclic) bond motifs is 1. The molecular weight excluding hydrogens is 428 g/mol. The number of hydrogen-bond acceptors (Lipinski definition) is 7. The largest absolute Gasteiger partial charge is 0.497 e. The molecule has 0 aliphatic carbocycles. The summed E-state index contributed by atoms with van der Waals surface area (Å²) in [7, 11) is 3.43. The number of nitrogens with zero attached hydrogens (tertiary/aromatic N) is 3. The Labute approximate surface area is 201 Å². The predicted octanol–water partition coefficient (Wildman–Crippen LogP) is 4.13. The average Bonchev–Trinajstić information content (AvgIpc) is 2.87. The Kier molecular flexibility index (Phi) is 9.04. The molecule has 3 rings (SSSR count). The fraction of sp³-hybridized carbons (Fsp3) is 0.423. The van der Waals surface area contributed by atoms with Gasteiger partial charge in [0.05, 0.1) is 12.8 Å². The Morgan fingerprint density at radius 3 is 2.62 bits per heavy atom. The highest BCUT2D eigenvalue weighted by molar-refractivity contribution is 5.99. The second-order valence-corrected chi connectivity index (χ2v) is 8.25. The van der Waals surface area contributed by atoms with Crippen LogP contribution in [0.15, 0.2) is 42.6 Å². The van der Waals surface area contributed by atoms with E-state index in [0.717, 1.165) is 65.9 Å². The number of benzene rings is 2. The van der Waals surface area contributed by atoms with Crippen LogP contribution in [0.4, 0.5) is 11.6 Å². The lowest BCUT2D eigenvalue weighted by Crippen LogP contribution is -2.35. The Morgan fingerprint density at radius 2 is 1.94 bits per heavy atom. The molecule has 8 nitrogen and oxygen atoms in total. The van der Waals surface area contributed by atoms with Crippen LogP contribution in [-0.4, -0.2) is 60.6 Å². The first-order valence-electron chi connectivity index (χ1n) is 11.9. The van der Waals surface area contributed by atoms with Crippen LogP contribution in [0, 0.1) is 0 Å². The van der Waals surface area contributed by atoms with Crippen molar-refractivity contribution in [3.05, 3.63) is 42.6 Å². The molecule has 3 aromatic rings. The fourth-order valence-electron chi connectivity index (χ4n) is 4.07. The molecule has 0 spiro atoms. The minimum Gasteiger partial charge on any atom is -0.497 e. The van der Waals surface area contributed by atoms with Crippen molar-refractivity contribution in [1.29, 1.82) is 0 Å². The number of hydrogen-bond donors (Lipinski definition) is 3. The molecule has 0 fully saturated rings. The number of aromatic nitrogens is 2. The number of carbonyl (C=O) groups excluding carboxylic acids is 1. The second-order valence-electron chi connectivity index (χ2n) is 8.25. The lowest BCUT2D eigenvalue weighted by molar-refractivity contribution is -0.118. The maximum absolute atomic E-state index is 12.3. The molecule has 0 saturated heterocycles. The predicted molar refractivity (Wildman–Crippen MR) is 139 cm³/mol. The van der Waals surface area contributed by atoms with Gasteiger partial charge < -0.3 is 26.0 Å². The van der Waals surface area contributed by atoms with Gasteiger partial charge in [-0.15, -0.1) is 0 Å². The van der Waals surface area contributed by atoms with E-state index in [1.165, 1.54) is 0 Å². The molecule has 4 N–H and O–H groups in total. The number of unbranched alkanes of at least 4 members (excludes halogenated alkanes) is 1. The molecule has 0 bridgehead atoms. The number of carbonyl (C=O) groups is 1. The zero-order valence-corrected chi connectivity index (χ0v) is 20.6. The minimum atomic E-state index is -0.473. The maximum Gasteiger partial charge on any atom is 0.239 e. The van der Waals surface area contributed by atoms with E-state index in [2.05, 4.69) is 45.4 Å². The molecule has 1 aromatic heterocycles. The number of amides is 1. The minimum absolute atomic E-state index is 0.358. The van der Waals surface area contributed by atoms with Crippen LogP contribution >= 0.6 is 0 Å². The van der Waals surface area contributed by atoms with E-state index in [1.54, 1.807) is 20.4 Å². The van der Waals surface area contributed by atoms with Crippen LogP contribution in [-0.2, 0) is 4.79 Å². The van der Waals surface area contributed by atoms with Crippen molar-refractivity contribution < 1.29 is 9.53 Å². The lowest BCUT2D eigenvalue weighted by Gasteiger charge is -2.21. The number of nitrogens with one attached hydrogen (secondary N) is 2. The zero-order chi connectivity index (χ0) is 24.5. The molecule has 1 unspecified atom stereocenters. The molecule has 1 atom stereocenters. The topological polar surface area (TPSA) is 105 Å². The van der Waals surface area contributed by atoms with Gasteiger partial charge in [-0.25, -0.2) is 9.97 Å². The summed E-state index contributed by atoms with van der Waals surface area (Å²) in [5, 5.41) is 8.37. The summed E-state index contributed by atoms with van der Waals surface area (Å²) in [5.74, 6) is 0.937. The smallest absolute Gasteiger partial charge is 0.239 e. The standard InChI is InChI=1S/C26H36N6O2/c1-5-32(6-2)14-8-7-9-23(25(27)33)30-24-16-19(22-12-13-29-26(28-3)31-22)15-18-10-11-20(34-4)17-21(18)24/h10-13,15-17,23,30H,5-9,14H2,1-4H3,(H2,27,33)(H,28,29,31). The van der Waals surface area contributed by atoms with Crippen LogP contribution in [0.1, 0.15) is 33.1 Å². The average molecular weight is 465 g/mol. The van der Waals surface area contributed by atoms with Gasteiger partial charge in [0.2, 0.25) is 11.9 Å². The first-order chi connectivity index (χ1) is 16.5. The molecule has 1 heterocycles. The first-order valence-corrected chi connectivity index (χ1v) is 11.9. The van der Waals surface area contributed by atoms with E-state index in [1.807, 2.05) is 30.3 Å². The second kappa shape index (κ2) is 12.2. The van der Waals surface area contributed by atoms with E-state index >= 15 is 0 Å². The summed E-state index contributed by atoms with van der Waals surface area (Å²) >= 11 is 0. The molecule has 2 aromatic carbocycles. The highest BCUT2D eigenvalue weighted by atomic mass is 16.5. The van der Waals surface area contributed by atoms with E-state index in [4.69, 9.17) is 10.5 Å². The highest BCUT2D eigenvalue weighted by Crippen LogP contribution is 2.33. The summed E-state index contributed by atoms with van der Waals surface area (Å²) < 4.78 is 5.45. The van der Waals surface area contributed by atoms with Gasteiger partial charge in [-0.2, -0.15) is 0 Å². The van der Waals surface area contributed by atoms with Crippen molar-refractivity contribution in [2.24, 2.45) is 5.73 Å². The SMILES string of the molecule is CCN(CC)CCCCC(Nc1cc(-c2ccnc(NC)n2)cc2ccc(OC)cc12)C(N)=O. The van der Waals surface area contributed by atoms with Crippen molar-refractivity contribution >= 4 is 28.3 Å². The van der Waals surface area contributed by atoms with Gasteiger partial charge in [0.15, 0.2) is 0 Å². The van der Waals surface area contributed by atoms with Crippen molar-refractivity contribution in [2.45, 2.75) is 39.2 Å². The third-order valence-electron chi connectivity index (χ3n) is 6.12. The summed E-state index contributed by atoms with van der Waals surface area (Å²) in [6, 6.07) is 11.4. The third kappa shape index (κ3) is 6.35. The van der Waals surface area contributed by atoms with E-state index in [0.29, 0.717) is 12.4 Å². The molecule has 0 aliphatic heterocycles. The highest BCUT2D eigenvalue weighted by Gasteiger charge is 2.18. The van der Waals surface area contributed by atoms with Gasteiger partial charge in [-0.3, -0.25) is 4.79 Å². The Hall–Kier alpha value is -3.39.